The van der Waals surface area contributed by atoms with Crippen molar-refractivity contribution in [2.75, 3.05) is 14.1 Å². The Hall–Kier alpha value is -0.0800. The van der Waals surface area contributed by atoms with E-state index in [1.165, 1.54) is 25.7 Å². The van der Waals surface area contributed by atoms with Gasteiger partial charge in [0.25, 0.3) is 0 Å². The second kappa shape index (κ2) is 5.31. The smallest absolute Gasteiger partial charge is 0.0349 e. The Morgan fingerprint density at radius 2 is 1.80 bits per heavy atom. The average molecular weight is 212 g/mol. The van der Waals surface area contributed by atoms with Crippen LogP contribution in [0.2, 0.25) is 0 Å². The molecule has 1 aliphatic carbocycles. The number of rotatable bonds is 7. The number of nitrogens with two attached hydrogens (primary N) is 1. The van der Waals surface area contributed by atoms with E-state index in [-0.39, 0.29) is 5.54 Å². The molecule has 1 atom stereocenters. The number of hydrogen-bond donors (Lipinski definition) is 1. The quantitative estimate of drug-likeness (QED) is 0.703. The number of likely N-dealkylation sites (N-methyl/N-ethyl adjacent to an activating group) is 1. The molecule has 1 aliphatic rings. The van der Waals surface area contributed by atoms with Crippen LogP contribution >= 0.6 is 0 Å². The molecular weight excluding hydrogens is 184 g/mol. The Morgan fingerprint density at radius 1 is 1.27 bits per heavy atom. The molecule has 0 spiro atoms. The van der Waals surface area contributed by atoms with Gasteiger partial charge in [0.1, 0.15) is 0 Å². The van der Waals surface area contributed by atoms with Crippen LogP contribution in [0.4, 0.5) is 0 Å². The summed E-state index contributed by atoms with van der Waals surface area (Å²) in [5.74, 6) is 1.00. The molecule has 0 amide bonds. The van der Waals surface area contributed by atoms with Gasteiger partial charge in [-0.15, -0.1) is 0 Å². The third-order valence-electron chi connectivity index (χ3n) is 4.39. The molecule has 0 aromatic rings. The van der Waals surface area contributed by atoms with E-state index in [4.69, 9.17) is 5.73 Å². The third kappa shape index (κ3) is 2.94. The molecule has 2 nitrogen and oxygen atoms in total. The highest BCUT2D eigenvalue weighted by atomic mass is 15.2. The topological polar surface area (TPSA) is 29.3 Å². The zero-order valence-electron chi connectivity index (χ0n) is 10.9. The molecule has 1 saturated carbocycles. The summed E-state index contributed by atoms with van der Waals surface area (Å²) in [4.78, 5) is 2.34. The largest absolute Gasteiger partial charge is 0.326 e. The van der Waals surface area contributed by atoms with Crippen LogP contribution in [0.1, 0.15) is 52.4 Å². The van der Waals surface area contributed by atoms with Gasteiger partial charge in [0.2, 0.25) is 0 Å². The summed E-state index contributed by atoms with van der Waals surface area (Å²) in [6.07, 6.45) is 7.74. The van der Waals surface area contributed by atoms with Crippen molar-refractivity contribution in [1.82, 2.24) is 4.90 Å². The molecular formula is C13H28N2. The van der Waals surface area contributed by atoms with Crippen molar-refractivity contribution in [3.63, 3.8) is 0 Å². The molecule has 0 saturated heterocycles. The molecule has 0 radical (unpaired) electrons. The van der Waals surface area contributed by atoms with E-state index < -0.39 is 0 Å². The Labute approximate surface area is 95.2 Å². The standard InChI is InChI=1S/C13H28N2/c1-5-13(6-2,15(3)4)12(14)10-9-11-7-8-11/h11-12H,5-10,14H2,1-4H3. The van der Waals surface area contributed by atoms with Gasteiger partial charge in [0, 0.05) is 11.6 Å². The first-order valence-electron chi connectivity index (χ1n) is 6.49. The molecule has 90 valence electrons. The monoisotopic (exact) mass is 212 g/mol. The normalized spacial score (nSPS) is 19.6. The Kier molecular flexibility index (Phi) is 4.60. The van der Waals surface area contributed by atoms with Crippen molar-refractivity contribution < 1.29 is 0 Å². The molecule has 0 aromatic heterocycles. The Bertz CT molecular complexity index is 181. The van der Waals surface area contributed by atoms with Crippen molar-refractivity contribution in [2.45, 2.75) is 64.0 Å². The average Bonchev–Trinajstić information content (AvgIpc) is 3.00. The highest BCUT2D eigenvalue weighted by Crippen LogP contribution is 2.36. The summed E-state index contributed by atoms with van der Waals surface area (Å²) in [5.41, 5.74) is 6.63. The molecule has 0 bridgehead atoms. The third-order valence-corrected chi connectivity index (χ3v) is 4.39. The Balaban J connectivity index is 2.51. The molecule has 2 N–H and O–H groups in total. The fourth-order valence-corrected chi connectivity index (χ4v) is 2.83. The fourth-order valence-electron chi connectivity index (χ4n) is 2.83. The summed E-state index contributed by atoms with van der Waals surface area (Å²) in [7, 11) is 4.34. The van der Waals surface area contributed by atoms with Crippen molar-refractivity contribution in [3.8, 4) is 0 Å². The second-order valence-corrected chi connectivity index (χ2v) is 5.33. The van der Waals surface area contributed by atoms with E-state index in [0.29, 0.717) is 6.04 Å². The molecule has 1 rings (SSSR count). The lowest BCUT2D eigenvalue weighted by Gasteiger charge is -2.43. The molecule has 1 unspecified atom stereocenters. The van der Waals surface area contributed by atoms with Crippen LogP contribution in [0.15, 0.2) is 0 Å². The summed E-state index contributed by atoms with van der Waals surface area (Å²) in [5, 5.41) is 0. The van der Waals surface area contributed by atoms with Gasteiger partial charge < -0.3 is 10.6 Å². The summed E-state index contributed by atoms with van der Waals surface area (Å²) in [6.45, 7) is 4.53. The van der Waals surface area contributed by atoms with E-state index in [1.807, 2.05) is 0 Å². The zero-order valence-corrected chi connectivity index (χ0v) is 10.9. The highest BCUT2D eigenvalue weighted by molar-refractivity contribution is 4.95. The molecule has 0 aliphatic heterocycles. The van der Waals surface area contributed by atoms with Crippen molar-refractivity contribution in [2.24, 2.45) is 11.7 Å². The molecule has 0 aromatic carbocycles. The first-order chi connectivity index (χ1) is 7.06. The molecule has 15 heavy (non-hydrogen) atoms. The van der Waals surface area contributed by atoms with E-state index in [1.54, 1.807) is 0 Å². The van der Waals surface area contributed by atoms with Crippen LogP contribution in [-0.4, -0.2) is 30.6 Å². The maximum Gasteiger partial charge on any atom is 0.0349 e. The minimum absolute atomic E-state index is 0.217. The van der Waals surface area contributed by atoms with E-state index >= 15 is 0 Å². The lowest BCUT2D eigenvalue weighted by molar-refractivity contribution is 0.100. The summed E-state index contributed by atoms with van der Waals surface area (Å²) >= 11 is 0. The van der Waals surface area contributed by atoms with Gasteiger partial charge in [0.05, 0.1) is 0 Å². The molecule has 2 heteroatoms. The van der Waals surface area contributed by atoms with Crippen LogP contribution in [-0.2, 0) is 0 Å². The van der Waals surface area contributed by atoms with Gasteiger partial charge in [-0.25, -0.2) is 0 Å². The van der Waals surface area contributed by atoms with Crippen LogP contribution in [0.5, 0.6) is 0 Å². The highest BCUT2D eigenvalue weighted by Gasteiger charge is 2.36. The maximum atomic E-state index is 6.41. The first-order valence-corrected chi connectivity index (χ1v) is 6.49. The van der Waals surface area contributed by atoms with Gasteiger partial charge >= 0.3 is 0 Å². The lowest BCUT2D eigenvalue weighted by Crippen LogP contribution is -2.56. The van der Waals surface area contributed by atoms with Gasteiger partial charge in [-0.3, -0.25) is 0 Å². The van der Waals surface area contributed by atoms with Gasteiger partial charge in [0.15, 0.2) is 0 Å². The van der Waals surface area contributed by atoms with Crippen LogP contribution in [0.3, 0.4) is 0 Å². The van der Waals surface area contributed by atoms with Gasteiger partial charge in [-0.1, -0.05) is 26.7 Å². The van der Waals surface area contributed by atoms with Gasteiger partial charge in [-0.05, 0) is 45.7 Å². The molecule has 1 fully saturated rings. The van der Waals surface area contributed by atoms with Crippen molar-refractivity contribution in [1.29, 1.82) is 0 Å². The van der Waals surface area contributed by atoms with E-state index in [2.05, 4.69) is 32.8 Å². The number of hydrogen-bond acceptors (Lipinski definition) is 2. The Morgan fingerprint density at radius 3 is 2.13 bits per heavy atom. The van der Waals surface area contributed by atoms with Crippen LogP contribution in [0.25, 0.3) is 0 Å². The van der Waals surface area contributed by atoms with Crippen LogP contribution < -0.4 is 5.73 Å². The zero-order chi connectivity index (χ0) is 11.5. The second-order valence-electron chi connectivity index (χ2n) is 5.33. The van der Waals surface area contributed by atoms with Crippen molar-refractivity contribution in [3.05, 3.63) is 0 Å². The van der Waals surface area contributed by atoms with Crippen LogP contribution in [0, 0.1) is 5.92 Å². The maximum absolute atomic E-state index is 6.41. The predicted octanol–water partition coefficient (Wildman–Crippen LogP) is 2.62. The van der Waals surface area contributed by atoms with Gasteiger partial charge in [-0.2, -0.15) is 0 Å². The minimum Gasteiger partial charge on any atom is -0.326 e. The number of nitrogens with zero attached hydrogens (tertiary/aromatic N) is 1. The minimum atomic E-state index is 0.217. The summed E-state index contributed by atoms with van der Waals surface area (Å²) in [6, 6.07) is 0.336. The molecule has 0 heterocycles. The van der Waals surface area contributed by atoms with E-state index in [9.17, 15) is 0 Å². The van der Waals surface area contributed by atoms with Crippen molar-refractivity contribution >= 4 is 0 Å². The first kappa shape index (κ1) is 13.0. The van der Waals surface area contributed by atoms with E-state index in [0.717, 1.165) is 18.8 Å². The SMILES string of the molecule is CCC(CC)(C(N)CCC1CC1)N(C)C. The fraction of sp³-hybridized carbons (Fsp3) is 1.00. The lowest BCUT2D eigenvalue weighted by atomic mass is 9.81. The summed E-state index contributed by atoms with van der Waals surface area (Å²) < 4.78 is 0. The predicted molar refractivity (Wildman–Crippen MR) is 66.9 cm³/mol.